The van der Waals surface area contributed by atoms with Crippen molar-refractivity contribution in [2.24, 2.45) is 5.22 Å². The number of carbonyl (C=O) groups excluding carboxylic acids is 6. The molecule has 0 saturated heterocycles. The zero-order valence-corrected chi connectivity index (χ0v) is 45.9. The summed E-state index contributed by atoms with van der Waals surface area (Å²) in [6.45, 7) is 16.2. The number of benzene rings is 2. The van der Waals surface area contributed by atoms with Gasteiger partial charge in [0.25, 0.3) is 0 Å². The first kappa shape index (κ1) is 59.1. The molecule has 3 heterocycles. The second kappa shape index (κ2) is 26.1. The van der Waals surface area contributed by atoms with Gasteiger partial charge in [-0.3, -0.25) is 24.4 Å². The van der Waals surface area contributed by atoms with E-state index in [1.165, 1.54) is 34.3 Å². The smallest absolute Gasteiger partial charge is 0.419 e. The van der Waals surface area contributed by atoms with E-state index >= 15 is 9.59 Å². The van der Waals surface area contributed by atoms with E-state index in [4.69, 9.17) is 36.8 Å². The minimum absolute atomic E-state index is 0.0983. The molecule has 5 rings (SSSR count). The highest BCUT2D eigenvalue weighted by molar-refractivity contribution is 7.99. The third-order valence-corrected chi connectivity index (χ3v) is 13.0. The Balaban J connectivity index is 1.61. The molecule has 0 fully saturated rings. The Morgan fingerprint density at radius 2 is 1.47 bits per heavy atom. The molecule has 0 radical (unpaired) electrons. The number of likely N-dealkylation sites (N-methyl/N-ethyl adjacent to an activating group) is 1. The highest BCUT2D eigenvalue weighted by atomic mass is 35.5. The summed E-state index contributed by atoms with van der Waals surface area (Å²) in [5, 5.41) is 27.9. The van der Waals surface area contributed by atoms with Crippen LogP contribution in [0.5, 0.6) is 0 Å². The van der Waals surface area contributed by atoms with E-state index in [0.717, 1.165) is 0 Å². The van der Waals surface area contributed by atoms with Crippen molar-refractivity contribution >= 4 is 76.1 Å². The third-order valence-electron chi connectivity index (χ3n) is 11.4. The molecule has 1 aliphatic rings. The fourth-order valence-electron chi connectivity index (χ4n) is 7.97. The second-order valence-electron chi connectivity index (χ2n) is 21.0. The van der Waals surface area contributed by atoms with Gasteiger partial charge in [0.15, 0.2) is 0 Å². The van der Waals surface area contributed by atoms with Crippen molar-refractivity contribution in [1.29, 1.82) is 10.9 Å². The van der Waals surface area contributed by atoms with Gasteiger partial charge in [-0.25, -0.2) is 24.8 Å². The van der Waals surface area contributed by atoms with E-state index in [1.54, 1.807) is 105 Å². The van der Waals surface area contributed by atoms with E-state index in [9.17, 15) is 19.2 Å². The van der Waals surface area contributed by atoms with Crippen LogP contribution >= 0.6 is 23.4 Å². The van der Waals surface area contributed by atoms with Crippen molar-refractivity contribution < 1.29 is 43.0 Å². The number of nitrogens with zero attached hydrogens (tertiary/aromatic N) is 4. The Hall–Kier alpha value is -6.78. The van der Waals surface area contributed by atoms with Crippen LogP contribution in [0.4, 0.5) is 14.4 Å². The van der Waals surface area contributed by atoms with E-state index in [2.05, 4.69) is 42.2 Å². The molecule has 0 spiro atoms. The van der Waals surface area contributed by atoms with Gasteiger partial charge in [0.2, 0.25) is 17.7 Å². The van der Waals surface area contributed by atoms with Crippen molar-refractivity contribution in [3.05, 3.63) is 88.2 Å². The topological polar surface area (TPSA) is 283 Å². The summed E-state index contributed by atoms with van der Waals surface area (Å²) >= 11 is 8.23. The molecule has 8 N–H and O–H groups in total. The molecule has 0 unspecified atom stereocenters. The lowest BCUT2D eigenvalue weighted by Gasteiger charge is -2.32. The first-order valence-corrected chi connectivity index (χ1v) is 25.9. The number of hydrogen-bond donors (Lipinski definition) is 8. The number of amidine groups is 1. The molecule has 23 heteroatoms. The van der Waals surface area contributed by atoms with Crippen molar-refractivity contribution in [2.75, 3.05) is 20.1 Å². The molecule has 406 valence electrons. The number of unbranched alkanes of at least 4 members (excludes halogenated alkanes) is 1. The standard InChI is InChI=1S/C52H71ClN12O9S/c1-50(2,3)72-47(69)57-22-14-13-19-38-46(68)64(10)40(27-34-30-65(49(71)74-52(7,8)9)39-21-12-11-18-35(34)39)44(67)60-29-33-25-32(42(54)62-63-55)26-36(53)41(33)75-45-31(17-15-23-56-45)28-59-37(43(66)61-38)20-16-24-58-48(70)73-51(4,5)6/h11-12,15,17-18,21,23,25-26,30,37-38,40,59H,13-14,16,19-20,22,24,27-29H2,1-10H3,(H,57,69)(H,58,70)(H,60,67)(H,61,66)(H3,54,55,62)/t37-,38-,40-/m0/s1. The first-order valence-electron chi connectivity index (χ1n) is 24.7. The van der Waals surface area contributed by atoms with Crippen LogP contribution < -0.4 is 32.0 Å². The summed E-state index contributed by atoms with van der Waals surface area (Å²) in [4.78, 5) is 90.1. The zero-order valence-electron chi connectivity index (χ0n) is 44.3. The quantitative estimate of drug-likeness (QED) is 0.0157. The Morgan fingerprint density at radius 3 is 2.12 bits per heavy atom. The number of ether oxygens (including phenoxy) is 3. The molecule has 2 aromatic heterocycles. The molecule has 4 aromatic rings. The van der Waals surface area contributed by atoms with E-state index in [0.29, 0.717) is 56.8 Å². The summed E-state index contributed by atoms with van der Waals surface area (Å²) in [6.07, 6.45) is 2.65. The number of carbonyl (C=O) groups is 6. The number of amides is 5. The average Bonchev–Trinajstić information content (AvgIpc) is 3.69. The highest BCUT2D eigenvalue weighted by Crippen LogP contribution is 2.38. The number of halogens is 1. The first-order chi connectivity index (χ1) is 35.2. The Labute approximate surface area is 447 Å². The molecule has 0 bridgehead atoms. The Bertz CT molecular complexity index is 2730. The maximum Gasteiger partial charge on any atom is 0.419 e. The van der Waals surface area contributed by atoms with Gasteiger partial charge in [0, 0.05) is 67.9 Å². The van der Waals surface area contributed by atoms with Gasteiger partial charge in [-0.1, -0.05) is 52.9 Å². The molecule has 5 amide bonds. The lowest BCUT2D eigenvalue weighted by atomic mass is 10.0. The van der Waals surface area contributed by atoms with Crippen LogP contribution in [0, 0.1) is 10.9 Å². The van der Waals surface area contributed by atoms with Crippen molar-refractivity contribution in [3.8, 4) is 0 Å². The van der Waals surface area contributed by atoms with Crippen LogP contribution in [0.3, 0.4) is 0 Å². The van der Waals surface area contributed by atoms with E-state index in [-0.39, 0.29) is 61.9 Å². The summed E-state index contributed by atoms with van der Waals surface area (Å²) < 4.78 is 17.9. The fourth-order valence-corrected chi connectivity index (χ4v) is 9.33. The van der Waals surface area contributed by atoms with Crippen LogP contribution in [-0.4, -0.2) is 111 Å². The summed E-state index contributed by atoms with van der Waals surface area (Å²) in [7, 11) is 1.48. The predicted molar refractivity (Wildman–Crippen MR) is 285 cm³/mol. The number of aromatic nitrogens is 2. The molecule has 0 saturated carbocycles. The van der Waals surface area contributed by atoms with Crippen LogP contribution in [0.2, 0.25) is 5.02 Å². The van der Waals surface area contributed by atoms with Crippen LogP contribution in [0.15, 0.2) is 76.1 Å². The van der Waals surface area contributed by atoms with Gasteiger partial charge >= 0.3 is 18.3 Å². The van der Waals surface area contributed by atoms with Gasteiger partial charge in [0.1, 0.15) is 39.7 Å². The van der Waals surface area contributed by atoms with Gasteiger partial charge < -0.3 is 45.7 Å². The molecule has 1 aliphatic heterocycles. The van der Waals surface area contributed by atoms with Gasteiger partial charge in [0.05, 0.1) is 16.6 Å². The molecule has 21 nitrogen and oxygen atoms in total. The van der Waals surface area contributed by atoms with Crippen molar-refractivity contribution in [2.45, 2.75) is 159 Å². The number of fused-ring (bicyclic) bond motifs is 3. The number of pyridine rings is 1. The number of para-hydroxylation sites is 1. The minimum Gasteiger partial charge on any atom is -0.444 e. The zero-order chi connectivity index (χ0) is 55.3. The Kier molecular flexibility index (Phi) is 20.6. The fraction of sp³-hybridized carbons (Fsp3) is 0.500. The lowest BCUT2D eigenvalue weighted by Crippen LogP contribution is -2.57. The average molecular weight is 1080 g/mol. The van der Waals surface area contributed by atoms with Crippen molar-refractivity contribution in [1.82, 2.24) is 46.5 Å². The highest BCUT2D eigenvalue weighted by Gasteiger charge is 2.35. The Morgan fingerprint density at radius 1 is 0.827 bits per heavy atom. The molecular weight excluding hydrogens is 1000 g/mol. The lowest BCUT2D eigenvalue weighted by molar-refractivity contribution is -0.142. The molecule has 75 heavy (non-hydrogen) atoms. The number of nitrogens with one attached hydrogen (secondary N) is 8. The van der Waals surface area contributed by atoms with Crippen LogP contribution in [0.1, 0.15) is 117 Å². The SMILES string of the molecule is CN1C(=O)[C@H](CCCCNC(=O)OC(C)(C)C)NC(=O)[C@H](CCCNC(=O)OC(C)(C)C)NCc2cccnc2Sc2c(Cl)cc(C(=N)NN=N)cc2CNC(=O)[C@@H]1Cc1cn(C(=O)OC(C)(C)C)c2ccccc12. The number of rotatable bonds is 13. The van der Waals surface area contributed by atoms with Crippen LogP contribution in [0.25, 0.3) is 10.9 Å². The summed E-state index contributed by atoms with van der Waals surface area (Å²) in [5.41, 5.74) is 9.86. The second-order valence-corrected chi connectivity index (χ2v) is 22.4. The van der Waals surface area contributed by atoms with Crippen molar-refractivity contribution in [3.63, 3.8) is 0 Å². The molecule has 3 atom stereocenters. The maximum absolute atomic E-state index is 15.2. The number of alkyl carbamates (subject to hydrolysis) is 2. The van der Waals surface area contributed by atoms with Crippen LogP contribution in [-0.2, 0) is 48.1 Å². The number of hydrogen-bond acceptors (Lipinski definition) is 15. The molecular formula is C52H71ClN12O9S. The minimum atomic E-state index is -1.26. The maximum atomic E-state index is 15.2. The predicted octanol–water partition coefficient (Wildman–Crippen LogP) is 8.13. The normalized spacial score (nSPS) is 17.1. The molecule has 0 aliphatic carbocycles. The third kappa shape index (κ3) is 17.9. The summed E-state index contributed by atoms with van der Waals surface area (Å²) in [6, 6.07) is 10.5. The largest absolute Gasteiger partial charge is 0.444 e. The van der Waals surface area contributed by atoms with Gasteiger partial charge in [-0.2, -0.15) is 5.53 Å². The van der Waals surface area contributed by atoms with Gasteiger partial charge in [-0.15, -0.1) is 0 Å². The van der Waals surface area contributed by atoms with E-state index < -0.39 is 70.9 Å². The summed E-state index contributed by atoms with van der Waals surface area (Å²) in [5.74, 6) is -1.94. The van der Waals surface area contributed by atoms with E-state index in [1.807, 2.05) is 12.1 Å². The molecule has 2 aromatic carbocycles. The monoisotopic (exact) mass is 1070 g/mol. The van der Waals surface area contributed by atoms with Gasteiger partial charge in [-0.05, 0) is 135 Å².